The number of ether oxygens (including phenoxy) is 1. The fourth-order valence-corrected chi connectivity index (χ4v) is 2.39. The summed E-state index contributed by atoms with van der Waals surface area (Å²) in [4.78, 5) is 0. The summed E-state index contributed by atoms with van der Waals surface area (Å²) < 4.78 is 5.92. The molecule has 1 heterocycles. The van der Waals surface area contributed by atoms with Crippen LogP contribution in [0.5, 0.6) is 0 Å². The Kier molecular flexibility index (Phi) is 3.31. The van der Waals surface area contributed by atoms with E-state index >= 15 is 0 Å². The van der Waals surface area contributed by atoms with Gasteiger partial charge in [-0.05, 0) is 37.3 Å². The molecule has 88 valence electrons. The van der Waals surface area contributed by atoms with Gasteiger partial charge in [-0.2, -0.15) is 0 Å². The molecular formula is C14H21NO. The summed E-state index contributed by atoms with van der Waals surface area (Å²) in [6, 6.07) is 8.99. The largest absolute Gasteiger partial charge is 0.370 e. The van der Waals surface area contributed by atoms with Gasteiger partial charge in [-0.25, -0.2) is 0 Å². The van der Waals surface area contributed by atoms with Crippen LogP contribution in [-0.2, 0) is 16.8 Å². The molecule has 1 aromatic rings. The van der Waals surface area contributed by atoms with Gasteiger partial charge in [-0.15, -0.1) is 0 Å². The number of hydrogen-bond donors (Lipinski definition) is 1. The Balaban J connectivity index is 2.20. The highest BCUT2D eigenvalue weighted by Gasteiger charge is 2.33. The Morgan fingerprint density at radius 2 is 2.06 bits per heavy atom. The number of rotatable bonds is 2. The van der Waals surface area contributed by atoms with Crippen LogP contribution in [0.3, 0.4) is 0 Å². The van der Waals surface area contributed by atoms with Crippen molar-refractivity contribution in [2.75, 3.05) is 6.61 Å². The first-order valence-electron chi connectivity index (χ1n) is 6.13. The lowest BCUT2D eigenvalue weighted by atomic mass is 9.85. The van der Waals surface area contributed by atoms with Gasteiger partial charge in [0.2, 0.25) is 0 Å². The topological polar surface area (TPSA) is 35.2 Å². The molecule has 0 aliphatic carbocycles. The fourth-order valence-electron chi connectivity index (χ4n) is 2.39. The van der Waals surface area contributed by atoms with Crippen molar-refractivity contribution in [3.63, 3.8) is 0 Å². The third-order valence-corrected chi connectivity index (χ3v) is 3.53. The Hall–Kier alpha value is -0.860. The number of aryl methyl sites for hydroxylation is 1. The predicted molar refractivity (Wildman–Crippen MR) is 66.3 cm³/mol. The van der Waals surface area contributed by atoms with Crippen LogP contribution in [0, 0.1) is 0 Å². The van der Waals surface area contributed by atoms with Crippen molar-refractivity contribution in [2.45, 2.75) is 44.8 Å². The predicted octanol–water partition coefficient (Wildman–Crippen LogP) is 2.60. The quantitative estimate of drug-likeness (QED) is 0.829. The van der Waals surface area contributed by atoms with Crippen LogP contribution in [0.1, 0.15) is 37.8 Å². The highest BCUT2D eigenvalue weighted by atomic mass is 16.5. The molecule has 2 N–H and O–H groups in total. The first kappa shape index (κ1) is 11.6. The van der Waals surface area contributed by atoms with E-state index in [2.05, 4.69) is 38.1 Å². The zero-order chi connectivity index (χ0) is 11.6. The monoisotopic (exact) mass is 219 g/mol. The van der Waals surface area contributed by atoms with Gasteiger partial charge < -0.3 is 10.5 Å². The number of benzene rings is 1. The van der Waals surface area contributed by atoms with Crippen molar-refractivity contribution in [3.8, 4) is 0 Å². The SMILES string of the molecule is CCc1ccc(C2(C)CC(N)CCO2)cc1. The van der Waals surface area contributed by atoms with Crippen LogP contribution in [0.15, 0.2) is 24.3 Å². The second-order valence-electron chi connectivity index (χ2n) is 4.88. The molecule has 2 heteroatoms. The van der Waals surface area contributed by atoms with Crippen molar-refractivity contribution in [1.29, 1.82) is 0 Å². The minimum atomic E-state index is -0.191. The maximum absolute atomic E-state index is 6.02. The van der Waals surface area contributed by atoms with Gasteiger partial charge in [0, 0.05) is 12.6 Å². The number of nitrogens with two attached hydrogens (primary N) is 1. The molecule has 1 aliphatic heterocycles. The summed E-state index contributed by atoms with van der Waals surface area (Å²) in [6.07, 6.45) is 2.97. The fraction of sp³-hybridized carbons (Fsp3) is 0.571. The molecule has 2 atom stereocenters. The first-order chi connectivity index (χ1) is 7.64. The zero-order valence-electron chi connectivity index (χ0n) is 10.2. The average molecular weight is 219 g/mol. The lowest BCUT2D eigenvalue weighted by Gasteiger charge is -2.37. The average Bonchev–Trinajstić information content (AvgIpc) is 2.29. The van der Waals surface area contributed by atoms with Crippen molar-refractivity contribution in [2.24, 2.45) is 5.73 Å². The standard InChI is InChI=1S/C14H21NO/c1-3-11-4-6-12(7-5-11)14(2)10-13(15)8-9-16-14/h4-7,13H,3,8-10,15H2,1-2H3. The third-order valence-electron chi connectivity index (χ3n) is 3.53. The van der Waals surface area contributed by atoms with E-state index in [1.54, 1.807) is 0 Å². The van der Waals surface area contributed by atoms with Gasteiger partial charge in [0.1, 0.15) is 0 Å². The third kappa shape index (κ3) is 2.28. The van der Waals surface area contributed by atoms with E-state index in [1.165, 1.54) is 11.1 Å². The maximum Gasteiger partial charge on any atom is 0.0918 e. The second-order valence-corrected chi connectivity index (χ2v) is 4.88. The summed E-state index contributed by atoms with van der Waals surface area (Å²) in [6.45, 7) is 5.09. The summed E-state index contributed by atoms with van der Waals surface area (Å²) in [5.41, 5.74) is 8.45. The molecule has 2 nitrogen and oxygen atoms in total. The summed E-state index contributed by atoms with van der Waals surface area (Å²) in [7, 11) is 0. The van der Waals surface area contributed by atoms with Crippen LogP contribution in [0.2, 0.25) is 0 Å². The van der Waals surface area contributed by atoms with Crippen LogP contribution in [-0.4, -0.2) is 12.6 Å². The van der Waals surface area contributed by atoms with Crippen LogP contribution in [0.4, 0.5) is 0 Å². The van der Waals surface area contributed by atoms with E-state index in [0.29, 0.717) is 0 Å². The highest BCUT2D eigenvalue weighted by molar-refractivity contribution is 5.27. The Morgan fingerprint density at radius 1 is 1.38 bits per heavy atom. The smallest absolute Gasteiger partial charge is 0.0918 e. The van der Waals surface area contributed by atoms with Crippen molar-refractivity contribution in [3.05, 3.63) is 35.4 Å². The summed E-state index contributed by atoms with van der Waals surface area (Å²) >= 11 is 0. The van der Waals surface area contributed by atoms with Crippen molar-refractivity contribution >= 4 is 0 Å². The van der Waals surface area contributed by atoms with Gasteiger partial charge in [-0.3, -0.25) is 0 Å². The molecule has 0 saturated carbocycles. The molecule has 0 spiro atoms. The van der Waals surface area contributed by atoms with E-state index in [4.69, 9.17) is 10.5 Å². The van der Waals surface area contributed by atoms with E-state index in [1.807, 2.05) is 0 Å². The van der Waals surface area contributed by atoms with Crippen LogP contribution in [0.25, 0.3) is 0 Å². The first-order valence-corrected chi connectivity index (χ1v) is 6.13. The van der Waals surface area contributed by atoms with E-state index in [-0.39, 0.29) is 11.6 Å². The molecule has 0 aromatic heterocycles. The molecule has 16 heavy (non-hydrogen) atoms. The van der Waals surface area contributed by atoms with Crippen LogP contribution >= 0.6 is 0 Å². The maximum atomic E-state index is 6.02. The normalized spacial score (nSPS) is 30.3. The Labute approximate surface area is 97.8 Å². The highest BCUT2D eigenvalue weighted by Crippen LogP contribution is 2.34. The van der Waals surface area contributed by atoms with Gasteiger partial charge in [-0.1, -0.05) is 31.2 Å². The summed E-state index contributed by atoms with van der Waals surface area (Å²) in [5, 5.41) is 0. The molecule has 0 radical (unpaired) electrons. The van der Waals surface area contributed by atoms with Crippen molar-refractivity contribution < 1.29 is 4.74 Å². The lowest BCUT2D eigenvalue weighted by molar-refractivity contribution is -0.0766. The summed E-state index contributed by atoms with van der Waals surface area (Å²) in [5.74, 6) is 0. The van der Waals surface area contributed by atoms with Gasteiger partial charge in [0.15, 0.2) is 0 Å². The lowest BCUT2D eigenvalue weighted by Crippen LogP contribution is -2.40. The minimum Gasteiger partial charge on any atom is -0.370 e. The van der Waals surface area contributed by atoms with Crippen molar-refractivity contribution in [1.82, 2.24) is 0 Å². The van der Waals surface area contributed by atoms with Gasteiger partial charge in [0.05, 0.1) is 5.60 Å². The van der Waals surface area contributed by atoms with E-state index in [9.17, 15) is 0 Å². The molecule has 0 amide bonds. The zero-order valence-corrected chi connectivity index (χ0v) is 10.2. The molecule has 0 bridgehead atoms. The Bertz CT molecular complexity index is 346. The van der Waals surface area contributed by atoms with Crippen LogP contribution < -0.4 is 5.73 Å². The minimum absolute atomic E-state index is 0.191. The molecule has 2 unspecified atom stereocenters. The van der Waals surface area contributed by atoms with Gasteiger partial charge >= 0.3 is 0 Å². The molecule has 1 fully saturated rings. The Morgan fingerprint density at radius 3 is 2.62 bits per heavy atom. The molecule has 1 aliphatic rings. The molecule has 1 aromatic carbocycles. The van der Waals surface area contributed by atoms with E-state index < -0.39 is 0 Å². The second kappa shape index (κ2) is 4.56. The van der Waals surface area contributed by atoms with Gasteiger partial charge in [0.25, 0.3) is 0 Å². The molecule has 1 saturated heterocycles. The molecule has 2 rings (SSSR count). The number of hydrogen-bond acceptors (Lipinski definition) is 2. The van der Waals surface area contributed by atoms with E-state index in [0.717, 1.165) is 25.9 Å². The molecular weight excluding hydrogens is 198 g/mol.